The number of hydrogen-bond acceptors (Lipinski definition) is 5. The fraction of sp³-hybridized carbons (Fsp3) is 0.579. The molecular formula is C19H24N4O. The van der Waals surface area contributed by atoms with Crippen LogP contribution in [-0.2, 0) is 4.74 Å². The first-order valence-electron chi connectivity index (χ1n) is 9.00. The van der Waals surface area contributed by atoms with Crippen molar-refractivity contribution in [2.24, 2.45) is 11.3 Å². The van der Waals surface area contributed by atoms with Gasteiger partial charge in [0.05, 0.1) is 36.5 Å². The Morgan fingerprint density at radius 3 is 2.75 bits per heavy atom. The number of anilines is 1. The first-order chi connectivity index (χ1) is 11.8. The van der Waals surface area contributed by atoms with Gasteiger partial charge < -0.3 is 14.5 Å². The van der Waals surface area contributed by atoms with Crippen LogP contribution in [0.5, 0.6) is 0 Å². The number of benzene rings is 1. The summed E-state index contributed by atoms with van der Waals surface area (Å²) in [5, 5.41) is 0. The molecule has 0 saturated carbocycles. The number of fused-ring (bicyclic) bond motifs is 3. The Kier molecular flexibility index (Phi) is 3.28. The average molecular weight is 324 g/mol. The van der Waals surface area contributed by atoms with Gasteiger partial charge in [0.25, 0.3) is 0 Å². The zero-order chi connectivity index (χ0) is 16.1. The van der Waals surface area contributed by atoms with Crippen molar-refractivity contribution in [2.75, 3.05) is 44.8 Å². The number of para-hydroxylation sites is 2. The molecule has 1 aromatic carbocycles. The normalized spacial score (nSPS) is 29.5. The molecule has 0 aliphatic carbocycles. The largest absolute Gasteiger partial charge is 0.379 e. The molecule has 3 fully saturated rings. The molecule has 0 bridgehead atoms. The lowest BCUT2D eigenvalue weighted by Gasteiger charge is -2.40. The van der Waals surface area contributed by atoms with Crippen LogP contribution < -0.4 is 4.90 Å². The van der Waals surface area contributed by atoms with Crippen molar-refractivity contribution in [1.29, 1.82) is 0 Å². The Balaban J connectivity index is 1.51. The monoisotopic (exact) mass is 324 g/mol. The molecule has 2 atom stereocenters. The Morgan fingerprint density at radius 1 is 1.12 bits per heavy atom. The Hall–Kier alpha value is -1.72. The topological polar surface area (TPSA) is 41.5 Å². The van der Waals surface area contributed by atoms with Crippen LogP contribution in [0.4, 0.5) is 5.82 Å². The van der Waals surface area contributed by atoms with Crippen LogP contribution in [-0.4, -0.2) is 60.8 Å². The van der Waals surface area contributed by atoms with Crippen molar-refractivity contribution in [3.63, 3.8) is 0 Å². The fourth-order valence-corrected chi connectivity index (χ4v) is 4.94. The van der Waals surface area contributed by atoms with E-state index in [4.69, 9.17) is 9.72 Å². The zero-order valence-corrected chi connectivity index (χ0v) is 14.2. The highest BCUT2D eigenvalue weighted by molar-refractivity contribution is 5.75. The molecule has 1 aromatic heterocycles. The Morgan fingerprint density at radius 2 is 1.92 bits per heavy atom. The van der Waals surface area contributed by atoms with Crippen molar-refractivity contribution < 1.29 is 4.74 Å². The maximum Gasteiger partial charge on any atom is 0.148 e. The number of ether oxygens (including phenoxy) is 1. The molecule has 5 nitrogen and oxygen atoms in total. The van der Waals surface area contributed by atoms with Crippen LogP contribution in [0.1, 0.15) is 12.8 Å². The van der Waals surface area contributed by atoms with Gasteiger partial charge in [-0.1, -0.05) is 12.1 Å². The Bertz CT molecular complexity index is 756. The number of likely N-dealkylation sites (tertiary alicyclic amines) is 1. The molecule has 0 amide bonds. The minimum Gasteiger partial charge on any atom is -0.379 e. The summed E-state index contributed by atoms with van der Waals surface area (Å²) >= 11 is 0. The van der Waals surface area contributed by atoms with Crippen molar-refractivity contribution in [1.82, 2.24) is 14.9 Å². The lowest BCUT2D eigenvalue weighted by atomic mass is 9.70. The van der Waals surface area contributed by atoms with E-state index in [1.165, 1.54) is 25.9 Å². The molecule has 24 heavy (non-hydrogen) atoms. The summed E-state index contributed by atoms with van der Waals surface area (Å²) in [6, 6.07) is 8.58. The molecule has 4 heterocycles. The first kappa shape index (κ1) is 14.6. The second kappa shape index (κ2) is 5.39. The highest BCUT2D eigenvalue weighted by Crippen LogP contribution is 2.50. The number of hydrogen-bond donors (Lipinski definition) is 0. The third-order valence-electron chi connectivity index (χ3n) is 6.44. The van der Waals surface area contributed by atoms with Gasteiger partial charge in [-0.2, -0.15) is 0 Å². The summed E-state index contributed by atoms with van der Waals surface area (Å²) in [4.78, 5) is 14.5. The van der Waals surface area contributed by atoms with E-state index in [0.29, 0.717) is 17.4 Å². The van der Waals surface area contributed by atoms with Crippen LogP contribution in [0.15, 0.2) is 30.5 Å². The third-order valence-corrected chi connectivity index (χ3v) is 6.44. The molecule has 0 radical (unpaired) electrons. The quantitative estimate of drug-likeness (QED) is 0.804. The van der Waals surface area contributed by atoms with Crippen LogP contribution in [0.25, 0.3) is 11.0 Å². The molecule has 5 rings (SSSR count). The summed E-state index contributed by atoms with van der Waals surface area (Å²) in [6.07, 6.45) is 4.49. The van der Waals surface area contributed by atoms with Crippen molar-refractivity contribution >= 4 is 16.9 Å². The van der Waals surface area contributed by atoms with Gasteiger partial charge in [-0.3, -0.25) is 4.98 Å². The molecular weight excluding hydrogens is 300 g/mol. The molecule has 0 unspecified atom stereocenters. The molecule has 2 aromatic rings. The second-order valence-electron chi connectivity index (χ2n) is 7.72. The van der Waals surface area contributed by atoms with Crippen molar-refractivity contribution in [2.45, 2.75) is 18.9 Å². The fourth-order valence-electron chi connectivity index (χ4n) is 4.94. The number of aromatic nitrogens is 2. The van der Waals surface area contributed by atoms with E-state index < -0.39 is 0 Å². The van der Waals surface area contributed by atoms with E-state index >= 15 is 0 Å². The molecule has 1 spiro atoms. The van der Waals surface area contributed by atoms with E-state index in [0.717, 1.165) is 36.6 Å². The minimum absolute atomic E-state index is 0.390. The summed E-state index contributed by atoms with van der Waals surface area (Å²) in [7, 11) is 2.23. The van der Waals surface area contributed by atoms with Gasteiger partial charge in [0.15, 0.2) is 0 Å². The van der Waals surface area contributed by atoms with E-state index in [1.807, 2.05) is 24.4 Å². The predicted molar refractivity (Wildman–Crippen MR) is 94.1 cm³/mol. The maximum absolute atomic E-state index is 5.90. The number of nitrogens with zero attached hydrogens (tertiary/aromatic N) is 4. The van der Waals surface area contributed by atoms with Gasteiger partial charge >= 0.3 is 0 Å². The van der Waals surface area contributed by atoms with E-state index in [1.54, 1.807) is 0 Å². The summed E-state index contributed by atoms with van der Waals surface area (Å²) in [5.41, 5.74) is 2.34. The van der Waals surface area contributed by atoms with Gasteiger partial charge in [0, 0.05) is 12.5 Å². The molecule has 5 heteroatoms. The smallest absolute Gasteiger partial charge is 0.148 e. The lowest BCUT2D eigenvalue weighted by molar-refractivity contribution is 0.0716. The highest BCUT2D eigenvalue weighted by atomic mass is 16.5. The first-order valence-corrected chi connectivity index (χ1v) is 9.00. The predicted octanol–water partition coefficient (Wildman–Crippen LogP) is 2.18. The zero-order valence-electron chi connectivity index (χ0n) is 14.2. The van der Waals surface area contributed by atoms with E-state index in [9.17, 15) is 0 Å². The molecule has 0 N–H and O–H groups in total. The summed E-state index contributed by atoms with van der Waals surface area (Å²) in [6.45, 7) is 5.23. The maximum atomic E-state index is 5.90. The Labute approximate surface area is 142 Å². The van der Waals surface area contributed by atoms with Crippen LogP contribution >= 0.6 is 0 Å². The van der Waals surface area contributed by atoms with Gasteiger partial charge in [0.2, 0.25) is 0 Å². The average Bonchev–Trinajstić information content (AvgIpc) is 3.21. The van der Waals surface area contributed by atoms with Gasteiger partial charge in [-0.05, 0) is 50.5 Å². The SMILES string of the molecule is CN1CCC2(CC1)CN(c1cnc3ccccc3n1)[C@@H]1COC[C@@H]12. The molecule has 3 aliphatic heterocycles. The van der Waals surface area contributed by atoms with Crippen molar-refractivity contribution in [3.05, 3.63) is 30.5 Å². The van der Waals surface area contributed by atoms with Crippen LogP contribution in [0.3, 0.4) is 0 Å². The van der Waals surface area contributed by atoms with Gasteiger partial charge in [-0.25, -0.2) is 4.98 Å². The van der Waals surface area contributed by atoms with Gasteiger partial charge in [0.1, 0.15) is 5.82 Å². The standard InChI is InChI=1S/C19H24N4O/c1-22-8-6-19(7-9-22)13-23(17-12-24-11-14(17)19)18-10-20-15-4-2-3-5-16(15)21-18/h2-5,10,14,17H,6-9,11-13H2,1H3/t14-,17+/m0/s1. The molecule has 3 saturated heterocycles. The molecule has 126 valence electrons. The van der Waals surface area contributed by atoms with Gasteiger partial charge in [-0.15, -0.1) is 0 Å². The highest BCUT2D eigenvalue weighted by Gasteiger charge is 2.55. The second-order valence-corrected chi connectivity index (χ2v) is 7.72. The number of rotatable bonds is 1. The van der Waals surface area contributed by atoms with Crippen molar-refractivity contribution in [3.8, 4) is 0 Å². The summed E-state index contributed by atoms with van der Waals surface area (Å²) in [5.74, 6) is 1.66. The number of piperidine rings is 1. The summed E-state index contributed by atoms with van der Waals surface area (Å²) < 4.78 is 5.90. The van der Waals surface area contributed by atoms with Crippen LogP contribution in [0, 0.1) is 11.3 Å². The van der Waals surface area contributed by atoms with E-state index in [-0.39, 0.29) is 0 Å². The third kappa shape index (κ3) is 2.15. The molecule has 3 aliphatic rings. The van der Waals surface area contributed by atoms with Crippen LogP contribution in [0.2, 0.25) is 0 Å². The van der Waals surface area contributed by atoms with E-state index in [2.05, 4.69) is 27.9 Å². The lowest BCUT2D eigenvalue weighted by Crippen LogP contribution is -2.43. The minimum atomic E-state index is 0.390.